The summed E-state index contributed by atoms with van der Waals surface area (Å²) in [6.07, 6.45) is -1.51. The van der Waals surface area contributed by atoms with Crippen molar-refractivity contribution in [2.45, 2.75) is 6.18 Å². The fourth-order valence-corrected chi connectivity index (χ4v) is 3.21. The van der Waals surface area contributed by atoms with Gasteiger partial charge in [0.05, 0.1) is 16.7 Å². The van der Waals surface area contributed by atoms with Crippen LogP contribution in [0.2, 0.25) is 0 Å². The Balaban J connectivity index is 1.78. The SMILES string of the molecule is O=C(Nc1onc(-c2ccncc2)c1-c1ccccc1C(=O)O)c1ccc(C(F)(F)F)cc1. The maximum Gasteiger partial charge on any atom is 0.416 e. The van der Waals surface area contributed by atoms with E-state index >= 15 is 0 Å². The fourth-order valence-electron chi connectivity index (χ4n) is 3.21. The Kier molecular flexibility index (Phi) is 5.65. The topological polar surface area (TPSA) is 105 Å². The number of aromatic nitrogens is 2. The number of hydrogen-bond acceptors (Lipinski definition) is 5. The zero-order chi connectivity index (χ0) is 23.6. The Morgan fingerprint density at radius 1 is 0.939 bits per heavy atom. The molecule has 0 unspecified atom stereocenters. The van der Waals surface area contributed by atoms with Crippen LogP contribution in [0, 0.1) is 0 Å². The second-order valence-corrected chi connectivity index (χ2v) is 6.85. The number of alkyl halides is 3. The van der Waals surface area contributed by atoms with Gasteiger partial charge in [-0.2, -0.15) is 13.2 Å². The highest BCUT2D eigenvalue weighted by atomic mass is 19.4. The third-order valence-corrected chi connectivity index (χ3v) is 4.77. The second kappa shape index (κ2) is 8.58. The number of carbonyl (C=O) groups excluding carboxylic acids is 1. The first kappa shape index (κ1) is 21.8. The zero-order valence-corrected chi connectivity index (χ0v) is 16.6. The van der Waals surface area contributed by atoms with Crippen molar-refractivity contribution >= 4 is 17.8 Å². The molecule has 0 saturated heterocycles. The molecule has 10 heteroatoms. The third-order valence-electron chi connectivity index (χ3n) is 4.77. The average Bonchev–Trinajstić information content (AvgIpc) is 3.22. The number of anilines is 1. The molecule has 7 nitrogen and oxygen atoms in total. The number of benzene rings is 2. The van der Waals surface area contributed by atoms with E-state index in [1.165, 1.54) is 24.5 Å². The lowest BCUT2D eigenvalue weighted by atomic mass is 9.97. The maximum absolute atomic E-state index is 12.8. The molecule has 2 aromatic carbocycles. The van der Waals surface area contributed by atoms with Crippen molar-refractivity contribution in [3.63, 3.8) is 0 Å². The molecule has 2 heterocycles. The molecule has 2 aromatic heterocycles. The first-order chi connectivity index (χ1) is 15.8. The Morgan fingerprint density at radius 3 is 2.24 bits per heavy atom. The molecule has 0 atom stereocenters. The monoisotopic (exact) mass is 453 g/mol. The minimum atomic E-state index is -4.53. The number of nitrogens with one attached hydrogen (secondary N) is 1. The van der Waals surface area contributed by atoms with Crippen molar-refractivity contribution in [3.8, 4) is 22.4 Å². The number of hydrogen-bond donors (Lipinski definition) is 2. The molecular weight excluding hydrogens is 439 g/mol. The van der Waals surface area contributed by atoms with Crippen LogP contribution < -0.4 is 5.32 Å². The van der Waals surface area contributed by atoms with E-state index in [0.717, 1.165) is 24.3 Å². The van der Waals surface area contributed by atoms with E-state index in [1.54, 1.807) is 24.3 Å². The summed E-state index contributed by atoms with van der Waals surface area (Å²) in [6, 6.07) is 13.0. The van der Waals surface area contributed by atoms with Crippen molar-refractivity contribution in [2.75, 3.05) is 5.32 Å². The van der Waals surface area contributed by atoms with Gasteiger partial charge in [-0.05, 0) is 42.5 Å². The molecule has 0 saturated carbocycles. The van der Waals surface area contributed by atoms with Gasteiger partial charge in [-0.3, -0.25) is 15.1 Å². The number of pyridine rings is 1. The Labute approximate surface area is 184 Å². The van der Waals surface area contributed by atoms with Crippen LogP contribution in [0.15, 0.2) is 77.6 Å². The Bertz CT molecular complexity index is 1320. The van der Waals surface area contributed by atoms with Gasteiger partial charge in [-0.25, -0.2) is 4.79 Å². The summed E-state index contributed by atoms with van der Waals surface area (Å²) in [7, 11) is 0. The summed E-state index contributed by atoms with van der Waals surface area (Å²) in [4.78, 5) is 28.4. The molecule has 4 aromatic rings. The lowest BCUT2D eigenvalue weighted by Crippen LogP contribution is -2.13. The molecular formula is C23H14F3N3O4. The molecule has 1 amide bonds. The predicted octanol–water partition coefficient (Wildman–Crippen LogP) is 5.37. The van der Waals surface area contributed by atoms with Crippen LogP contribution >= 0.6 is 0 Å². The van der Waals surface area contributed by atoms with Crippen LogP contribution in [0.1, 0.15) is 26.3 Å². The molecule has 4 rings (SSSR count). The van der Waals surface area contributed by atoms with Gasteiger partial charge in [0.25, 0.3) is 5.91 Å². The van der Waals surface area contributed by atoms with E-state index < -0.39 is 23.6 Å². The smallest absolute Gasteiger partial charge is 0.416 e. The van der Waals surface area contributed by atoms with Gasteiger partial charge in [-0.15, -0.1) is 0 Å². The Morgan fingerprint density at radius 2 is 1.61 bits per heavy atom. The van der Waals surface area contributed by atoms with E-state index in [9.17, 15) is 27.9 Å². The van der Waals surface area contributed by atoms with Crippen LogP contribution in [-0.4, -0.2) is 27.1 Å². The van der Waals surface area contributed by atoms with E-state index in [-0.39, 0.29) is 33.8 Å². The first-order valence-corrected chi connectivity index (χ1v) is 9.47. The van der Waals surface area contributed by atoms with Crippen molar-refractivity contribution < 1.29 is 32.4 Å². The van der Waals surface area contributed by atoms with E-state index in [2.05, 4.69) is 15.5 Å². The summed E-state index contributed by atoms with van der Waals surface area (Å²) >= 11 is 0. The minimum absolute atomic E-state index is 0.0534. The third kappa shape index (κ3) is 4.45. The van der Waals surface area contributed by atoms with Crippen molar-refractivity contribution in [1.82, 2.24) is 10.1 Å². The summed E-state index contributed by atoms with van der Waals surface area (Å²) < 4.78 is 43.7. The van der Waals surface area contributed by atoms with Crippen molar-refractivity contribution in [1.29, 1.82) is 0 Å². The quantitative estimate of drug-likeness (QED) is 0.421. The number of nitrogens with zero attached hydrogens (tertiary/aromatic N) is 2. The molecule has 0 aliphatic rings. The predicted molar refractivity (Wildman–Crippen MR) is 112 cm³/mol. The molecule has 0 fully saturated rings. The van der Waals surface area contributed by atoms with Crippen LogP contribution in [0.3, 0.4) is 0 Å². The van der Waals surface area contributed by atoms with E-state index in [4.69, 9.17) is 4.52 Å². The van der Waals surface area contributed by atoms with Gasteiger partial charge in [0.2, 0.25) is 5.88 Å². The standard InChI is InChI=1S/C23H14F3N3O4/c24-23(25,26)15-7-5-14(6-8-15)20(30)28-21-18(16-3-1-2-4-17(16)22(31)32)19(29-33-21)13-9-11-27-12-10-13/h1-12H,(H,28,30)(H,31,32). The van der Waals surface area contributed by atoms with Crippen LogP contribution in [-0.2, 0) is 6.18 Å². The van der Waals surface area contributed by atoms with Gasteiger partial charge >= 0.3 is 12.1 Å². The van der Waals surface area contributed by atoms with Gasteiger partial charge in [0.1, 0.15) is 5.69 Å². The van der Waals surface area contributed by atoms with Gasteiger partial charge in [0.15, 0.2) is 0 Å². The second-order valence-electron chi connectivity index (χ2n) is 6.85. The highest BCUT2D eigenvalue weighted by Crippen LogP contribution is 2.39. The molecule has 166 valence electrons. The number of carbonyl (C=O) groups is 2. The van der Waals surface area contributed by atoms with Crippen LogP contribution in [0.5, 0.6) is 0 Å². The lowest BCUT2D eigenvalue weighted by molar-refractivity contribution is -0.137. The number of halogens is 3. The highest BCUT2D eigenvalue weighted by molar-refractivity contribution is 6.08. The molecule has 0 bridgehead atoms. The largest absolute Gasteiger partial charge is 0.478 e. The van der Waals surface area contributed by atoms with Crippen molar-refractivity contribution in [2.24, 2.45) is 0 Å². The van der Waals surface area contributed by atoms with E-state index in [0.29, 0.717) is 5.56 Å². The molecule has 0 radical (unpaired) electrons. The number of carboxylic acid groups (broad SMARTS) is 1. The zero-order valence-electron chi connectivity index (χ0n) is 16.6. The lowest BCUT2D eigenvalue weighted by Gasteiger charge is -2.10. The number of aromatic carboxylic acids is 1. The number of rotatable bonds is 5. The summed E-state index contributed by atoms with van der Waals surface area (Å²) in [5, 5.41) is 16.1. The summed E-state index contributed by atoms with van der Waals surface area (Å²) in [5.41, 5.74) is 0.256. The summed E-state index contributed by atoms with van der Waals surface area (Å²) in [5.74, 6) is -2.11. The van der Waals surface area contributed by atoms with E-state index in [1.807, 2.05) is 0 Å². The fraction of sp³-hybridized carbons (Fsp3) is 0.0435. The summed E-state index contributed by atoms with van der Waals surface area (Å²) in [6.45, 7) is 0. The average molecular weight is 453 g/mol. The molecule has 0 aliphatic carbocycles. The molecule has 33 heavy (non-hydrogen) atoms. The highest BCUT2D eigenvalue weighted by Gasteiger charge is 2.30. The molecule has 0 spiro atoms. The normalized spacial score (nSPS) is 11.2. The van der Waals surface area contributed by atoms with Gasteiger partial charge in [0, 0.05) is 29.1 Å². The minimum Gasteiger partial charge on any atom is -0.478 e. The number of carboxylic acids is 1. The van der Waals surface area contributed by atoms with Gasteiger partial charge < -0.3 is 9.63 Å². The maximum atomic E-state index is 12.8. The first-order valence-electron chi connectivity index (χ1n) is 9.47. The van der Waals surface area contributed by atoms with Crippen LogP contribution in [0.25, 0.3) is 22.4 Å². The van der Waals surface area contributed by atoms with Crippen molar-refractivity contribution in [3.05, 3.63) is 89.7 Å². The molecule has 0 aliphatic heterocycles. The number of amides is 1. The van der Waals surface area contributed by atoms with Crippen LogP contribution in [0.4, 0.5) is 19.1 Å². The molecule has 2 N–H and O–H groups in total. The van der Waals surface area contributed by atoms with Gasteiger partial charge in [-0.1, -0.05) is 23.4 Å². The Hall–Kier alpha value is -4.47.